The summed E-state index contributed by atoms with van der Waals surface area (Å²) in [6, 6.07) is 0.340. The Labute approximate surface area is 143 Å². The van der Waals surface area contributed by atoms with E-state index in [0.29, 0.717) is 6.54 Å². The molecule has 0 aliphatic carbocycles. The molecule has 1 amide bonds. The molecule has 0 radical (unpaired) electrons. The number of piperidine rings is 1. The Bertz CT molecular complexity index is 461. The van der Waals surface area contributed by atoms with Gasteiger partial charge in [0.1, 0.15) is 0 Å². The number of nitrogens with one attached hydrogen (secondary N) is 1. The van der Waals surface area contributed by atoms with E-state index >= 15 is 0 Å². The summed E-state index contributed by atoms with van der Waals surface area (Å²) in [5, 5.41) is 3.34. The van der Waals surface area contributed by atoms with Gasteiger partial charge in [0.15, 0.2) is 6.23 Å². The Kier molecular flexibility index (Phi) is 5.57. The highest BCUT2D eigenvalue weighted by Gasteiger charge is 2.45. The van der Waals surface area contributed by atoms with Gasteiger partial charge in [-0.1, -0.05) is 0 Å². The molecule has 0 saturated carbocycles. The third-order valence-corrected chi connectivity index (χ3v) is 5.33. The third-order valence-electron chi connectivity index (χ3n) is 5.33. The van der Waals surface area contributed by atoms with Crippen LogP contribution >= 0.6 is 0 Å². The van der Waals surface area contributed by atoms with Crippen LogP contribution in [0.5, 0.6) is 0 Å². The number of esters is 1. The highest BCUT2D eigenvalue weighted by molar-refractivity contribution is 5.71. The van der Waals surface area contributed by atoms with Crippen molar-refractivity contribution in [1.29, 1.82) is 0 Å². The van der Waals surface area contributed by atoms with Gasteiger partial charge in [0.2, 0.25) is 0 Å². The Morgan fingerprint density at radius 2 is 1.92 bits per heavy atom. The van der Waals surface area contributed by atoms with Gasteiger partial charge in [-0.2, -0.15) is 0 Å². The molecule has 0 aromatic heterocycles. The zero-order valence-corrected chi connectivity index (χ0v) is 14.6. The molecule has 0 spiro atoms. The van der Waals surface area contributed by atoms with Crippen molar-refractivity contribution in [2.24, 2.45) is 0 Å². The van der Waals surface area contributed by atoms with Crippen molar-refractivity contribution in [3.8, 4) is 0 Å². The molecule has 2 unspecified atom stereocenters. The van der Waals surface area contributed by atoms with Crippen molar-refractivity contribution in [2.45, 2.75) is 38.1 Å². The molecule has 0 bridgehead atoms. The maximum atomic E-state index is 12.4. The molecule has 3 rings (SSSR count). The highest BCUT2D eigenvalue weighted by Crippen LogP contribution is 2.28. The van der Waals surface area contributed by atoms with Crippen molar-refractivity contribution in [3.63, 3.8) is 0 Å². The number of amides is 1. The van der Waals surface area contributed by atoms with Crippen LogP contribution in [0.3, 0.4) is 0 Å². The number of piperazine rings is 1. The fraction of sp³-hybridized carbons (Fsp3) is 0.875. The third kappa shape index (κ3) is 3.65. The van der Waals surface area contributed by atoms with Crippen LogP contribution in [-0.2, 0) is 14.3 Å². The lowest BCUT2D eigenvalue weighted by molar-refractivity contribution is -0.142. The van der Waals surface area contributed by atoms with Crippen molar-refractivity contribution in [3.05, 3.63) is 0 Å². The molecule has 24 heavy (non-hydrogen) atoms. The number of cyclic esters (lactones) is 1. The molecule has 1 N–H and O–H groups in total. The van der Waals surface area contributed by atoms with Gasteiger partial charge in [-0.05, 0) is 32.9 Å². The number of carbonyl (C=O) groups is 2. The van der Waals surface area contributed by atoms with Gasteiger partial charge in [0, 0.05) is 32.2 Å². The number of ether oxygens (including phenoxy) is 2. The molecule has 2 atom stereocenters. The van der Waals surface area contributed by atoms with Gasteiger partial charge in [-0.3, -0.25) is 19.5 Å². The summed E-state index contributed by atoms with van der Waals surface area (Å²) in [6.45, 7) is 7.46. The van der Waals surface area contributed by atoms with E-state index in [2.05, 4.69) is 22.0 Å². The smallest absolute Gasteiger partial charge is 0.412 e. The largest absolute Gasteiger partial charge is 0.468 e. The second-order valence-corrected chi connectivity index (χ2v) is 6.79. The first-order valence-electron chi connectivity index (χ1n) is 8.83. The maximum absolute atomic E-state index is 12.4. The van der Waals surface area contributed by atoms with Crippen molar-refractivity contribution in [1.82, 2.24) is 20.0 Å². The van der Waals surface area contributed by atoms with Crippen LogP contribution in [0.2, 0.25) is 0 Å². The minimum atomic E-state index is -0.207. The summed E-state index contributed by atoms with van der Waals surface area (Å²) in [7, 11) is 1.41. The summed E-state index contributed by atoms with van der Waals surface area (Å²) < 4.78 is 10.4. The van der Waals surface area contributed by atoms with Crippen LogP contribution in [0.4, 0.5) is 4.79 Å². The molecule has 8 nitrogen and oxygen atoms in total. The number of nitrogens with zero attached hydrogens (tertiary/aromatic N) is 3. The first kappa shape index (κ1) is 17.4. The van der Waals surface area contributed by atoms with Crippen LogP contribution in [0, 0.1) is 0 Å². The Morgan fingerprint density at radius 3 is 2.54 bits per heavy atom. The molecule has 3 saturated heterocycles. The standard InChI is InChI=1S/C16H28N4O4/c1-12-15(19-9-7-18(8-10-19)11-14(21)23-2)24-16(22)20(12)13-3-5-17-6-4-13/h12-13,15,17H,3-11H2,1-2H3. The molecule has 0 aromatic carbocycles. The fourth-order valence-electron chi connectivity index (χ4n) is 3.94. The van der Waals surface area contributed by atoms with Gasteiger partial charge in [0.25, 0.3) is 0 Å². The van der Waals surface area contributed by atoms with E-state index in [9.17, 15) is 9.59 Å². The Hall–Kier alpha value is -1.38. The monoisotopic (exact) mass is 340 g/mol. The number of methoxy groups -OCH3 is 1. The van der Waals surface area contributed by atoms with E-state index in [0.717, 1.165) is 52.1 Å². The summed E-state index contributed by atoms with van der Waals surface area (Å²) in [5.41, 5.74) is 0. The molecule has 3 fully saturated rings. The number of hydrogen-bond donors (Lipinski definition) is 1. The average Bonchev–Trinajstić information content (AvgIpc) is 2.90. The second-order valence-electron chi connectivity index (χ2n) is 6.79. The lowest BCUT2D eigenvalue weighted by atomic mass is 10.0. The molecule has 136 valence electrons. The molecule has 3 aliphatic rings. The first-order chi connectivity index (χ1) is 11.6. The molecule has 0 aromatic rings. The lowest BCUT2D eigenvalue weighted by Crippen LogP contribution is -2.55. The zero-order valence-electron chi connectivity index (χ0n) is 14.6. The van der Waals surface area contributed by atoms with Crippen molar-refractivity contribution in [2.75, 3.05) is 52.9 Å². The van der Waals surface area contributed by atoms with E-state index in [-0.39, 0.29) is 30.4 Å². The van der Waals surface area contributed by atoms with E-state index in [1.54, 1.807) is 0 Å². The normalized spacial score (nSPS) is 30.4. The first-order valence-corrected chi connectivity index (χ1v) is 8.83. The van der Waals surface area contributed by atoms with E-state index in [4.69, 9.17) is 9.47 Å². The van der Waals surface area contributed by atoms with Crippen molar-refractivity contribution < 1.29 is 19.1 Å². The quantitative estimate of drug-likeness (QED) is 0.704. The topological polar surface area (TPSA) is 74.4 Å². The van der Waals surface area contributed by atoms with Crippen LogP contribution < -0.4 is 5.32 Å². The summed E-state index contributed by atoms with van der Waals surface area (Å²) >= 11 is 0. The van der Waals surface area contributed by atoms with Crippen LogP contribution in [0.15, 0.2) is 0 Å². The summed E-state index contributed by atoms with van der Waals surface area (Å²) in [4.78, 5) is 30.0. The van der Waals surface area contributed by atoms with Crippen LogP contribution in [-0.4, -0.2) is 98.0 Å². The lowest BCUT2D eigenvalue weighted by Gasteiger charge is -2.39. The molecule has 3 heterocycles. The van der Waals surface area contributed by atoms with Gasteiger partial charge in [0.05, 0.1) is 19.7 Å². The van der Waals surface area contributed by atoms with E-state index < -0.39 is 0 Å². The van der Waals surface area contributed by atoms with Gasteiger partial charge in [-0.25, -0.2) is 4.79 Å². The van der Waals surface area contributed by atoms with Gasteiger partial charge in [-0.15, -0.1) is 0 Å². The SMILES string of the molecule is COC(=O)CN1CCN(C2OC(=O)N(C3CCNCC3)C2C)CC1. The van der Waals surface area contributed by atoms with Crippen molar-refractivity contribution >= 4 is 12.1 Å². The number of carbonyl (C=O) groups excluding carboxylic acids is 2. The molecule has 3 aliphatic heterocycles. The van der Waals surface area contributed by atoms with Crippen LogP contribution in [0.1, 0.15) is 19.8 Å². The minimum absolute atomic E-state index is 0.0627. The number of hydrogen-bond acceptors (Lipinski definition) is 7. The predicted octanol–water partition coefficient (Wildman–Crippen LogP) is -0.304. The molecule has 8 heteroatoms. The fourth-order valence-corrected chi connectivity index (χ4v) is 3.94. The average molecular weight is 340 g/mol. The van der Waals surface area contributed by atoms with Gasteiger partial charge < -0.3 is 14.8 Å². The highest BCUT2D eigenvalue weighted by atomic mass is 16.6. The second kappa shape index (κ2) is 7.67. The van der Waals surface area contributed by atoms with E-state index in [1.165, 1.54) is 7.11 Å². The summed E-state index contributed by atoms with van der Waals surface area (Å²) in [5.74, 6) is -0.207. The maximum Gasteiger partial charge on any atom is 0.412 e. The molecular formula is C16H28N4O4. The summed E-state index contributed by atoms with van der Waals surface area (Å²) in [6.07, 6.45) is 1.60. The Morgan fingerprint density at radius 1 is 1.25 bits per heavy atom. The van der Waals surface area contributed by atoms with Crippen LogP contribution in [0.25, 0.3) is 0 Å². The number of rotatable bonds is 4. The minimum Gasteiger partial charge on any atom is -0.468 e. The Balaban J connectivity index is 1.54. The zero-order chi connectivity index (χ0) is 17.1. The van der Waals surface area contributed by atoms with E-state index in [1.807, 2.05) is 4.90 Å². The predicted molar refractivity (Wildman–Crippen MR) is 87.5 cm³/mol. The molecular weight excluding hydrogens is 312 g/mol. The van der Waals surface area contributed by atoms with Gasteiger partial charge >= 0.3 is 12.1 Å².